The quantitative estimate of drug-likeness (QED) is 0.742. The van der Waals surface area contributed by atoms with E-state index in [1.54, 1.807) is 6.08 Å². The lowest BCUT2D eigenvalue weighted by atomic mass is 9.87. The first-order chi connectivity index (χ1) is 12.9. The van der Waals surface area contributed by atoms with Crippen LogP contribution in [0.2, 0.25) is 0 Å². The topological polar surface area (TPSA) is 66.9 Å². The van der Waals surface area contributed by atoms with Crippen LogP contribution in [0.5, 0.6) is 0 Å². The Kier molecular flexibility index (Phi) is 4.44. The predicted molar refractivity (Wildman–Crippen MR) is 102 cm³/mol. The Labute approximate surface area is 159 Å². The lowest BCUT2D eigenvalue weighted by Crippen LogP contribution is -2.59. The Balaban J connectivity index is 1.80. The van der Waals surface area contributed by atoms with Crippen LogP contribution in [0.25, 0.3) is 0 Å². The van der Waals surface area contributed by atoms with E-state index >= 15 is 0 Å². The molecular formula is C20H22N2O4S. The van der Waals surface area contributed by atoms with Crippen molar-refractivity contribution in [2.75, 3.05) is 13.0 Å². The molecule has 1 fully saturated rings. The molecule has 27 heavy (non-hydrogen) atoms. The van der Waals surface area contributed by atoms with Crippen molar-refractivity contribution in [2.45, 2.75) is 32.0 Å². The number of carbonyl (C=O) groups is 1. The first kappa shape index (κ1) is 18.0. The molecule has 1 aromatic rings. The Hall–Kier alpha value is -2.38. The highest BCUT2D eigenvalue weighted by molar-refractivity contribution is 7.89. The van der Waals surface area contributed by atoms with Crippen molar-refractivity contribution >= 4 is 16.0 Å². The molecule has 0 aromatic heterocycles. The van der Waals surface area contributed by atoms with Crippen LogP contribution in [0.15, 0.2) is 65.4 Å². The van der Waals surface area contributed by atoms with E-state index in [9.17, 15) is 13.2 Å². The van der Waals surface area contributed by atoms with Gasteiger partial charge in [0.2, 0.25) is 10.0 Å². The molecule has 4 rings (SSSR count). The van der Waals surface area contributed by atoms with Gasteiger partial charge in [0.25, 0.3) is 0 Å². The number of nitrogens with zero attached hydrogens (tertiary/aromatic N) is 2. The maximum absolute atomic E-state index is 13.1. The highest BCUT2D eigenvalue weighted by Crippen LogP contribution is 2.42. The highest BCUT2D eigenvalue weighted by atomic mass is 32.2. The van der Waals surface area contributed by atoms with E-state index in [1.165, 1.54) is 11.4 Å². The second-order valence-corrected chi connectivity index (χ2v) is 8.83. The minimum Gasteiger partial charge on any atom is -0.465 e. The summed E-state index contributed by atoms with van der Waals surface area (Å²) in [7, 11) is -2.19. The summed E-state index contributed by atoms with van der Waals surface area (Å²) < 4.78 is 32.5. The monoisotopic (exact) mass is 386 g/mol. The Morgan fingerprint density at radius 3 is 2.67 bits per heavy atom. The molecule has 6 nitrogen and oxygen atoms in total. The number of benzene rings is 1. The summed E-state index contributed by atoms with van der Waals surface area (Å²) in [6.07, 6.45) is 6.29. The number of carbonyl (C=O) groups excluding carboxylic acids is 1. The number of methoxy groups -OCH3 is 1. The number of sulfonamides is 1. The van der Waals surface area contributed by atoms with Crippen LogP contribution in [0, 0.1) is 0 Å². The Bertz CT molecular complexity index is 963. The van der Waals surface area contributed by atoms with Gasteiger partial charge in [0, 0.05) is 12.7 Å². The average molecular weight is 386 g/mol. The molecule has 0 spiro atoms. The predicted octanol–water partition coefficient (Wildman–Crippen LogP) is 2.18. The summed E-state index contributed by atoms with van der Waals surface area (Å²) in [5.74, 6) is -0.499. The van der Waals surface area contributed by atoms with Gasteiger partial charge in [0.1, 0.15) is 5.88 Å². The molecule has 7 heteroatoms. The third-order valence-electron chi connectivity index (χ3n) is 5.34. The van der Waals surface area contributed by atoms with Crippen molar-refractivity contribution in [1.29, 1.82) is 0 Å². The van der Waals surface area contributed by atoms with Crippen LogP contribution < -0.4 is 0 Å². The number of esters is 1. The van der Waals surface area contributed by atoms with E-state index < -0.39 is 22.0 Å². The van der Waals surface area contributed by atoms with Gasteiger partial charge in [-0.25, -0.2) is 13.2 Å². The number of hydrogen-bond acceptors (Lipinski definition) is 5. The van der Waals surface area contributed by atoms with Gasteiger partial charge in [-0.3, -0.25) is 0 Å². The van der Waals surface area contributed by atoms with Crippen molar-refractivity contribution in [3.05, 3.63) is 71.0 Å². The van der Waals surface area contributed by atoms with Crippen molar-refractivity contribution in [3.63, 3.8) is 0 Å². The SMILES string of the molecule is CCC1=CN2CS(=O)(=O)N(Cc3ccccc3)C3C=C(C(=O)OC)C=C1C32. The largest absolute Gasteiger partial charge is 0.465 e. The van der Waals surface area contributed by atoms with E-state index in [1.807, 2.05) is 54.4 Å². The van der Waals surface area contributed by atoms with E-state index in [0.717, 1.165) is 23.1 Å². The third-order valence-corrected chi connectivity index (χ3v) is 7.05. The lowest BCUT2D eigenvalue weighted by Gasteiger charge is -2.45. The number of ether oxygens (including phenoxy) is 1. The van der Waals surface area contributed by atoms with Crippen molar-refractivity contribution in [1.82, 2.24) is 9.21 Å². The highest BCUT2D eigenvalue weighted by Gasteiger charge is 2.49. The molecule has 2 unspecified atom stereocenters. The minimum atomic E-state index is -3.52. The zero-order chi connectivity index (χ0) is 19.2. The fourth-order valence-corrected chi connectivity index (χ4v) is 5.74. The van der Waals surface area contributed by atoms with Gasteiger partial charge in [0.05, 0.1) is 24.8 Å². The number of hydrogen-bond donors (Lipinski definition) is 0. The summed E-state index contributed by atoms with van der Waals surface area (Å²) in [5, 5.41) is 0. The van der Waals surface area contributed by atoms with E-state index in [-0.39, 0.29) is 18.5 Å². The van der Waals surface area contributed by atoms with Crippen LogP contribution in [0.4, 0.5) is 0 Å². The molecular weight excluding hydrogens is 364 g/mol. The van der Waals surface area contributed by atoms with E-state index in [4.69, 9.17) is 4.74 Å². The zero-order valence-electron chi connectivity index (χ0n) is 15.3. The lowest BCUT2D eigenvalue weighted by molar-refractivity contribution is -0.135. The van der Waals surface area contributed by atoms with Crippen molar-refractivity contribution < 1.29 is 17.9 Å². The third kappa shape index (κ3) is 3.00. The standard InChI is InChI=1S/C20H22N2O4S/c1-3-15-12-21-13-27(24,25)22(11-14-7-5-4-6-8-14)18-10-16(20(23)26-2)9-17(15)19(18)21/h4-10,12,18-19H,3,11,13H2,1-2H3. The molecule has 1 saturated heterocycles. The molecule has 2 atom stereocenters. The smallest absolute Gasteiger partial charge is 0.337 e. The van der Waals surface area contributed by atoms with Gasteiger partial charge >= 0.3 is 5.97 Å². The minimum absolute atomic E-state index is 0.0523. The molecule has 0 radical (unpaired) electrons. The van der Waals surface area contributed by atoms with Crippen LogP contribution >= 0.6 is 0 Å². The molecule has 0 N–H and O–H groups in total. The number of rotatable bonds is 4. The average Bonchev–Trinajstić information content (AvgIpc) is 3.02. The first-order valence-corrected chi connectivity index (χ1v) is 10.6. The van der Waals surface area contributed by atoms with Gasteiger partial charge in [-0.1, -0.05) is 37.3 Å². The maximum Gasteiger partial charge on any atom is 0.337 e. The molecule has 0 amide bonds. The summed E-state index contributed by atoms with van der Waals surface area (Å²) in [5.41, 5.74) is 3.40. The van der Waals surface area contributed by atoms with Crippen LogP contribution in [-0.2, 0) is 26.1 Å². The fraction of sp³-hybridized carbons (Fsp3) is 0.350. The normalized spacial score (nSPS) is 26.0. The second-order valence-electron chi connectivity index (χ2n) is 6.94. The molecule has 2 aliphatic heterocycles. The van der Waals surface area contributed by atoms with Gasteiger partial charge in [-0.2, -0.15) is 4.31 Å². The molecule has 1 aromatic carbocycles. The van der Waals surface area contributed by atoms with Crippen LogP contribution in [0.1, 0.15) is 18.9 Å². The first-order valence-electron chi connectivity index (χ1n) is 8.96. The summed E-state index contributed by atoms with van der Waals surface area (Å²) in [4.78, 5) is 14.1. The van der Waals surface area contributed by atoms with Crippen molar-refractivity contribution in [2.24, 2.45) is 0 Å². The van der Waals surface area contributed by atoms with E-state index in [2.05, 4.69) is 0 Å². The van der Waals surface area contributed by atoms with Crippen molar-refractivity contribution in [3.8, 4) is 0 Å². The molecule has 0 saturated carbocycles. The Morgan fingerprint density at radius 1 is 1.26 bits per heavy atom. The summed E-state index contributed by atoms with van der Waals surface area (Å²) >= 11 is 0. The maximum atomic E-state index is 13.1. The second kappa shape index (κ2) is 6.65. The molecule has 1 aliphatic carbocycles. The molecule has 142 valence electrons. The molecule has 3 aliphatic rings. The van der Waals surface area contributed by atoms with Crippen LogP contribution in [-0.4, -0.2) is 48.7 Å². The van der Waals surface area contributed by atoms with Gasteiger partial charge < -0.3 is 9.64 Å². The Morgan fingerprint density at radius 2 is 2.00 bits per heavy atom. The summed E-state index contributed by atoms with van der Waals surface area (Å²) in [6.45, 7) is 2.31. The van der Waals surface area contributed by atoms with Crippen LogP contribution in [0.3, 0.4) is 0 Å². The van der Waals surface area contributed by atoms with E-state index in [0.29, 0.717) is 5.57 Å². The summed E-state index contributed by atoms with van der Waals surface area (Å²) in [6, 6.07) is 8.98. The van der Waals surface area contributed by atoms with Gasteiger partial charge in [0.15, 0.2) is 0 Å². The zero-order valence-corrected chi connectivity index (χ0v) is 16.1. The fourth-order valence-electron chi connectivity index (χ4n) is 4.09. The van der Waals surface area contributed by atoms with Gasteiger partial charge in [-0.15, -0.1) is 0 Å². The molecule has 2 heterocycles. The molecule has 0 bridgehead atoms. The van der Waals surface area contributed by atoms with Gasteiger partial charge in [-0.05, 0) is 35.3 Å².